The number of aromatic carboxylic acids is 1. The molecule has 0 aliphatic heterocycles. The number of pyridine rings is 1. The fourth-order valence-corrected chi connectivity index (χ4v) is 1.92. The molecule has 0 amide bonds. The second-order valence-electron chi connectivity index (χ2n) is 3.60. The minimum Gasteiger partial charge on any atom is -0.476 e. The van der Waals surface area contributed by atoms with E-state index in [9.17, 15) is 14.9 Å². The summed E-state index contributed by atoms with van der Waals surface area (Å²) in [4.78, 5) is 25.0. The molecular formula is C12H7BrN2O5. The van der Waals surface area contributed by atoms with Gasteiger partial charge in [0.15, 0.2) is 11.4 Å². The molecule has 1 aromatic heterocycles. The zero-order valence-corrected chi connectivity index (χ0v) is 11.4. The molecule has 0 fully saturated rings. The summed E-state index contributed by atoms with van der Waals surface area (Å²) in [6.45, 7) is 0. The summed E-state index contributed by atoms with van der Waals surface area (Å²) in [5.74, 6) is -1.43. The van der Waals surface area contributed by atoms with E-state index in [4.69, 9.17) is 9.84 Å². The van der Waals surface area contributed by atoms with E-state index in [-0.39, 0.29) is 22.9 Å². The highest BCUT2D eigenvalue weighted by atomic mass is 79.9. The lowest BCUT2D eigenvalue weighted by Gasteiger charge is -2.09. The molecule has 0 bridgehead atoms. The van der Waals surface area contributed by atoms with E-state index >= 15 is 0 Å². The Morgan fingerprint density at radius 1 is 1.35 bits per heavy atom. The zero-order chi connectivity index (χ0) is 14.7. The molecular weight excluding hydrogens is 332 g/mol. The van der Waals surface area contributed by atoms with E-state index in [2.05, 4.69) is 20.9 Å². The van der Waals surface area contributed by atoms with E-state index in [0.717, 1.165) is 0 Å². The topological polar surface area (TPSA) is 103 Å². The van der Waals surface area contributed by atoms with E-state index in [1.54, 1.807) is 6.07 Å². The number of carboxylic acid groups (broad SMARTS) is 1. The lowest BCUT2D eigenvalue weighted by atomic mass is 10.3. The van der Waals surface area contributed by atoms with Gasteiger partial charge in [0.1, 0.15) is 0 Å². The highest BCUT2D eigenvalue weighted by Crippen LogP contribution is 2.38. The van der Waals surface area contributed by atoms with Crippen LogP contribution in [0.2, 0.25) is 0 Å². The summed E-state index contributed by atoms with van der Waals surface area (Å²) >= 11 is 3.14. The molecule has 20 heavy (non-hydrogen) atoms. The number of aromatic nitrogens is 1. The molecule has 8 heteroatoms. The maximum atomic E-state index is 11.0. The molecule has 1 aromatic carbocycles. The minimum atomic E-state index is -1.28. The molecule has 1 N–H and O–H groups in total. The van der Waals surface area contributed by atoms with Crippen LogP contribution in [0.3, 0.4) is 0 Å². The molecule has 0 aliphatic rings. The number of benzene rings is 1. The van der Waals surface area contributed by atoms with Gasteiger partial charge in [-0.1, -0.05) is 6.07 Å². The highest BCUT2D eigenvalue weighted by Gasteiger charge is 2.21. The van der Waals surface area contributed by atoms with Gasteiger partial charge in [0.2, 0.25) is 5.75 Å². The number of nitrogens with zero attached hydrogens (tertiary/aromatic N) is 2. The van der Waals surface area contributed by atoms with Crippen LogP contribution in [0.25, 0.3) is 0 Å². The Morgan fingerprint density at radius 3 is 2.75 bits per heavy atom. The van der Waals surface area contributed by atoms with Crippen molar-refractivity contribution in [3.63, 3.8) is 0 Å². The van der Waals surface area contributed by atoms with Crippen molar-refractivity contribution in [2.24, 2.45) is 0 Å². The van der Waals surface area contributed by atoms with Crippen molar-refractivity contribution in [3.8, 4) is 11.5 Å². The van der Waals surface area contributed by atoms with Gasteiger partial charge in [-0.05, 0) is 34.1 Å². The van der Waals surface area contributed by atoms with Crippen molar-refractivity contribution in [3.05, 3.63) is 56.8 Å². The molecule has 102 valence electrons. The summed E-state index contributed by atoms with van der Waals surface area (Å²) in [6.07, 6.45) is 1.30. The normalized spacial score (nSPS) is 10.1. The molecule has 2 aromatic rings. The molecule has 0 atom stereocenters. The monoisotopic (exact) mass is 338 g/mol. The van der Waals surface area contributed by atoms with E-state index in [0.29, 0.717) is 4.47 Å². The fraction of sp³-hybridized carbons (Fsp3) is 0. The Kier molecular flexibility index (Phi) is 3.94. The van der Waals surface area contributed by atoms with E-state index < -0.39 is 10.9 Å². The quantitative estimate of drug-likeness (QED) is 0.678. The van der Waals surface area contributed by atoms with Crippen molar-refractivity contribution in [2.45, 2.75) is 0 Å². The van der Waals surface area contributed by atoms with Crippen LogP contribution in [-0.2, 0) is 0 Å². The Balaban J connectivity index is 2.51. The molecule has 0 aliphatic carbocycles. The van der Waals surface area contributed by atoms with Gasteiger partial charge in [0.25, 0.3) is 0 Å². The highest BCUT2D eigenvalue weighted by molar-refractivity contribution is 9.10. The number of carboxylic acids is 1. The van der Waals surface area contributed by atoms with Crippen LogP contribution in [0, 0.1) is 10.1 Å². The first-order valence-corrected chi connectivity index (χ1v) is 6.09. The van der Waals surface area contributed by atoms with E-state index in [1.807, 2.05) is 0 Å². The zero-order valence-electron chi connectivity index (χ0n) is 9.82. The van der Waals surface area contributed by atoms with Crippen molar-refractivity contribution in [1.82, 2.24) is 4.98 Å². The Hall–Kier alpha value is -2.48. The number of halogens is 1. The fourth-order valence-electron chi connectivity index (χ4n) is 1.49. The van der Waals surface area contributed by atoms with Crippen molar-refractivity contribution in [1.29, 1.82) is 0 Å². The SMILES string of the molecule is O=C(O)c1ncccc1Oc1c(Br)cccc1[N+](=O)[O-]. The first kappa shape index (κ1) is 13.9. The Labute approximate surface area is 121 Å². The van der Waals surface area contributed by atoms with Crippen molar-refractivity contribution in [2.75, 3.05) is 0 Å². The number of carbonyl (C=O) groups is 1. The molecule has 0 spiro atoms. The van der Waals surface area contributed by atoms with Crippen LogP contribution in [0.4, 0.5) is 5.69 Å². The molecule has 1 heterocycles. The van der Waals surface area contributed by atoms with Gasteiger partial charge in [0, 0.05) is 12.3 Å². The summed E-state index contributed by atoms with van der Waals surface area (Å²) < 4.78 is 5.70. The molecule has 0 radical (unpaired) electrons. The minimum absolute atomic E-state index is 0.0741. The summed E-state index contributed by atoms with van der Waals surface area (Å²) in [5, 5.41) is 20.0. The lowest BCUT2D eigenvalue weighted by molar-refractivity contribution is -0.385. The predicted molar refractivity (Wildman–Crippen MR) is 72.1 cm³/mol. The number of ether oxygens (including phenoxy) is 1. The van der Waals surface area contributed by atoms with Crippen LogP contribution in [0.1, 0.15) is 10.5 Å². The van der Waals surface area contributed by atoms with Gasteiger partial charge >= 0.3 is 11.7 Å². The third-order valence-corrected chi connectivity index (χ3v) is 2.95. The average Bonchev–Trinajstić information content (AvgIpc) is 2.41. The van der Waals surface area contributed by atoms with Gasteiger partial charge in [0.05, 0.1) is 9.40 Å². The van der Waals surface area contributed by atoms with Gasteiger partial charge in [-0.25, -0.2) is 9.78 Å². The number of hydrogen-bond acceptors (Lipinski definition) is 5. The Morgan fingerprint density at radius 2 is 2.10 bits per heavy atom. The first-order valence-electron chi connectivity index (χ1n) is 5.29. The maximum absolute atomic E-state index is 11.0. The number of rotatable bonds is 4. The van der Waals surface area contributed by atoms with Crippen LogP contribution in [-0.4, -0.2) is 21.0 Å². The van der Waals surface area contributed by atoms with Crippen LogP contribution in [0.5, 0.6) is 11.5 Å². The number of nitro groups is 1. The van der Waals surface area contributed by atoms with Gasteiger partial charge in [-0.3, -0.25) is 10.1 Å². The van der Waals surface area contributed by atoms with Crippen molar-refractivity contribution < 1.29 is 19.6 Å². The first-order chi connectivity index (χ1) is 9.50. The van der Waals surface area contributed by atoms with Crippen LogP contribution < -0.4 is 4.74 Å². The smallest absolute Gasteiger partial charge is 0.358 e. The lowest BCUT2D eigenvalue weighted by Crippen LogP contribution is -2.03. The van der Waals surface area contributed by atoms with Gasteiger partial charge in [-0.2, -0.15) is 0 Å². The molecule has 7 nitrogen and oxygen atoms in total. The third-order valence-electron chi connectivity index (χ3n) is 2.33. The average molecular weight is 339 g/mol. The molecule has 2 rings (SSSR count). The summed E-state index contributed by atoms with van der Waals surface area (Å²) in [5.41, 5.74) is -0.600. The predicted octanol–water partition coefficient (Wildman–Crippen LogP) is 3.24. The maximum Gasteiger partial charge on any atom is 0.358 e. The second kappa shape index (κ2) is 5.66. The number of hydrogen-bond donors (Lipinski definition) is 1. The van der Waals surface area contributed by atoms with Crippen LogP contribution in [0.15, 0.2) is 41.0 Å². The Bertz CT molecular complexity index is 689. The molecule has 0 saturated carbocycles. The molecule has 0 saturated heterocycles. The largest absolute Gasteiger partial charge is 0.476 e. The molecule has 0 unspecified atom stereocenters. The number of para-hydroxylation sites is 1. The van der Waals surface area contributed by atoms with E-state index in [1.165, 1.54) is 30.5 Å². The summed E-state index contributed by atoms with van der Waals surface area (Å²) in [7, 11) is 0. The second-order valence-corrected chi connectivity index (χ2v) is 4.46. The third kappa shape index (κ3) is 2.75. The van der Waals surface area contributed by atoms with Gasteiger partial charge in [-0.15, -0.1) is 0 Å². The number of nitro benzene ring substituents is 1. The van der Waals surface area contributed by atoms with Crippen LogP contribution >= 0.6 is 15.9 Å². The van der Waals surface area contributed by atoms with Gasteiger partial charge < -0.3 is 9.84 Å². The van der Waals surface area contributed by atoms with Crippen molar-refractivity contribution >= 4 is 27.6 Å². The summed E-state index contributed by atoms with van der Waals surface area (Å²) in [6, 6.07) is 7.15. The standard InChI is InChI=1S/C12H7BrN2O5/c13-7-3-1-4-8(15(18)19)11(7)20-9-5-2-6-14-10(9)12(16)17/h1-6H,(H,16,17).